The summed E-state index contributed by atoms with van der Waals surface area (Å²) in [5.74, 6) is -1.57. The van der Waals surface area contributed by atoms with Crippen LogP contribution >= 0.6 is 11.3 Å². The summed E-state index contributed by atoms with van der Waals surface area (Å²) in [6, 6.07) is 3.52. The number of aliphatic carboxylic acids is 1. The Morgan fingerprint density at radius 2 is 2.00 bits per heavy atom. The van der Waals surface area contributed by atoms with Gasteiger partial charge in [-0.2, -0.15) is 0 Å². The van der Waals surface area contributed by atoms with Crippen molar-refractivity contribution in [1.82, 2.24) is 5.32 Å². The van der Waals surface area contributed by atoms with Crippen molar-refractivity contribution in [1.29, 1.82) is 0 Å². The lowest BCUT2D eigenvalue weighted by atomic mass is 9.97. The third-order valence-electron chi connectivity index (χ3n) is 3.03. The van der Waals surface area contributed by atoms with E-state index in [0.29, 0.717) is 11.3 Å². The normalized spacial score (nSPS) is 12.1. The Balaban J connectivity index is 2.33. The van der Waals surface area contributed by atoms with Gasteiger partial charge in [0.25, 0.3) is 0 Å². The summed E-state index contributed by atoms with van der Waals surface area (Å²) in [4.78, 5) is 35.1. The zero-order valence-corrected chi connectivity index (χ0v) is 13.1. The minimum Gasteiger partial charge on any atom is -0.481 e. The molecule has 1 aromatic heterocycles. The Morgan fingerprint density at radius 1 is 1.29 bits per heavy atom. The first-order valence-electron chi connectivity index (χ1n) is 6.96. The summed E-state index contributed by atoms with van der Waals surface area (Å²) in [6.45, 7) is 3.99. The van der Waals surface area contributed by atoms with Gasteiger partial charge in [-0.25, -0.2) is 0 Å². The quantitative estimate of drug-likeness (QED) is 0.687. The van der Waals surface area contributed by atoms with Gasteiger partial charge in [-0.15, -0.1) is 11.3 Å². The molecule has 2 N–H and O–H groups in total. The Hall–Kier alpha value is -1.69. The highest BCUT2D eigenvalue weighted by Gasteiger charge is 2.19. The van der Waals surface area contributed by atoms with Crippen LogP contribution in [0.25, 0.3) is 0 Å². The van der Waals surface area contributed by atoms with E-state index in [1.807, 2.05) is 19.2 Å². The average molecular weight is 311 g/mol. The van der Waals surface area contributed by atoms with Crippen molar-refractivity contribution in [2.45, 2.75) is 33.1 Å². The molecule has 0 saturated heterocycles. The molecule has 0 spiro atoms. The predicted molar refractivity (Wildman–Crippen MR) is 81.5 cm³/mol. The molecule has 1 unspecified atom stereocenters. The van der Waals surface area contributed by atoms with E-state index in [2.05, 4.69) is 5.32 Å². The fourth-order valence-electron chi connectivity index (χ4n) is 1.95. The summed E-state index contributed by atoms with van der Waals surface area (Å²) in [5.41, 5.74) is 0. The van der Waals surface area contributed by atoms with Gasteiger partial charge in [0.05, 0.1) is 10.8 Å². The molecule has 0 aromatic carbocycles. The summed E-state index contributed by atoms with van der Waals surface area (Å²) in [7, 11) is 0. The van der Waals surface area contributed by atoms with Gasteiger partial charge >= 0.3 is 5.97 Å². The fourth-order valence-corrected chi connectivity index (χ4v) is 2.65. The van der Waals surface area contributed by atoms with Crippen LogP contribution in [0, 0.1) is 11.8 Å². The Morgan fingerprint density at radius 3 is 2.52 bits per heavy atom. The van der Waals surface area contributed by atoms with Crippen LogP contribution in [-0.4, -0.2) is 29.3 Å². The van der Waals surface area contributed by atoms with Gasteiger partial charge in [0.1, 0.15) is 0 Å². The second kappa shape index (κ2) is 8.56. The monoisotopic (exact) mass is 311 g/mol. The lowest BCUT2D eigenvalue weighted by Gasteiger charge is -2.15. The molecule has 6 heteroatoms. The molecule has 5 nitrogen and oxygen atoms in total. The number of Topliss-reactive ketones (excluding diaryl/α,β-unsaturated/α-hetero) is 1. The third kappa shape index (κ3) is 6.53. The van der Waals surface area contributed by atoms with Gasteiger partial charge < -0.3 is 10.4 Å². The van der Waals surface area contributed by atoms with Crippen molar-refractivity contribution in [3.63, 3.8) is 0 Å². The van der Waals surface area contributed by atoms with E-state index in [9.17, 15) is 14.4 Å². The molecule has 1 atom stereocenters. The molecule has 0 aliphatic rings. The summed E-state index contributed by atoms with van der Waals surface area (Å²) >= 11 is 1.35. The fraction of sp³-hybridized carbons (Fsp3) is 0.533. The van der Waals surface area contributed by atoms with Gasteiger partial charge in [-0.3, -0.25) is 14.4 Å². The van der Waals surface area contributed by atoms with Crippen LogP contribution in [0.5, 0.6) is 0 Å². The molecule has 0 radical (unpaired) electrons. The molecule has 1 heterocycles. The molecular weight excluding hydrogens is 290 g/mol. The molecule has 0 aliphatic carbocycles. The first-order chi connectivity index (χ1) is 9.90. The number of carbonyl (C=O) groups excluding carboxylic acids is 2. The van der Waals surface area contributed by atoms with Crippen molar-refractivity contribution in [2.75, 3.05) is 6.54 Å². The molecule has 0 saturated carbocycles. The molecule has 0 aliphatic heterocycles. The highest BCUT2D eigenvalue weighted by atomic mass is 32.1. The highest BCUT2D eigenvalue weighted by molar-refractivity contribution is 7.12. The number of carboxylic acid groups (broad SMARTS) is 1. The third-order valence-corrected chi connectivity index (χ3v) is 3.94. The van der Waals surface area contributed by atoms with Crippen LogP contribution in [0.3, 0.4) is 0 Å². The van der Waals surface area contributed by atoms with Gasteiger partial charge in [0.2, 0.25) is 5.91 Å². The number of ketones is 1. The minimum atomic E-state index is -0.904. The van der Waals surface area contributed by atoms with Crippen LogP contribution < -0.4 is 5.32 Å². The van der Waals surface area contributed by atoms with Crippen LogP contribution in [0.15, 0.2) is 17.5 Å². The maximum atomic E-state index is 11.7. The van der Waals surface area contributed by atoms with Gasteiger partial charge in [-0.1, -0.05) is 19.9 Å². The van der Waals surface area contributed by atoms with Crippen molar-refractivity contribution in [3.8, 4) is 0 Å². The predicted octanol–water partition coefficient (Wildman–Crippen LogP) is 2.57. The lowest BCUT2D eigenvalue weighted by Crippen LogP contribution is -2.33. The summed E-state index contributed by atoms with van der Waals surface area (Å²) in [6.07, 6.45) is 0.753. The maximum Gasteiger partial charge on any atom is 0.308 e. The molecule has 21 heavy (non-hydrogen) atoms. The number of hydrogen-bond acceptors (Lipinski definition) is 4. The number of amides is 1. The zero-order chi connectivity index (χ0) is 15.8. The van der Waals surface area contributed by atoms with E-state index in [-0.39, 0.29) is 37.0 Å². The molecule has 1 amide bonds. The largest absolute Gasteiger partial charge is 0.481 e. The molecule has 1 aromatic rings. The summed E-state index contributed by atoms with van der Waals surface area (Å²) in [5, 5.41) is 13.5. The Bertz CT molecular complexity index is 482. The first kappa shape index (κ1) is 17.4. The number of nitrogens with one attached hydrogen (secondary N) is 1. The highest BCUT2D eigenvalue weighted by Crippen LogP contribution is 2.13. The smallest absolute Gasteiger partial charge is 0.308 e. The number of hydrogen-bond donors (Lipinski definition) is 2. The van der Waals surface area contributed by atoms with E-state index in [0.717, 1.165) is 0 Å². The van der Waals surface area contributed by atoms with E-state index >= 15 is 0 Å². The van der Waals surface area contributed by atoms with Crippen LogP contribution in [0.4, 0.5) is 0 Å². The van der Waals surface area contributed by atoms with Crippen LogP contribution in [-0.2, 0) is 9.59 Å². The Labute approximate surface area is 128 Å². The second-order valence-corrected chi connectivity index (χ2v) is 6.32. The van der Waals surface area contributed by atoms with E-state index in [1.54, 1.807) is 12.1 Å². The van der Waals surface area contributed by atoms with Gasteiger partial charge in [0.15, 0.2) is 5.78 Å². The van der Waals surface area contributed by atoms with Crippen molar-refractivity contribution >= 4 is 29.0 Å². The molecule has 0 bridgehead atoms. The van der Waals surface area contributed by atoms with E-state index in [4.69, 9.17) is 5.11 Å². The zero-order valence-electron chi connectivity index (χ0n) is 12.3. The molecule has 116 valence electrons. The topological polar surface area (TPSA) is 83.5 Å². The summed E-state index contributed by atoms with van der Waals surface area (Å²) < 4.78 is 0. The van der Waals surface area contributed by atoms with Gasteiger partial charge in [-0.05, 0) is 23.8 Å². The lowest BCUT2D eigenvalue weighted by molar-refractivity contribution is -0.142. The average Bonchev–Trinajstić information content (AvgIpc) is 2.94. The van der Waals surface area contributed by atoms with Crippen molar-refractivity contribution in [3.05, 3.63) is 22.4 Å². The number of carboxylic acids is 1. The number of thiophene rings is 1. The van der Waals surface area contributed by atoms with E-state index in [1.165, 1.54) is 11.3 Å². The molecular formula is C15H21NO4S. The second-order valence-electron chi connectivity index (χ2n) is 5.37. The SMILES string of the molecule is CC(C)CC(CNC(=O)CCC(=O)c1cccs1)C(=O)O. The Kier molecular flexibility index (Phi) is 7.08. The van der Waals surface area contributed by atoms with Crippen molar-refractivity contribution in [2.24, 2.45) is 11.8 Å². The number of rotatable bonds is 9. The molecule has 1 rings (SSSR count). The van der Waals surface area contributed by atoms with E-state index < -0.39 is 11.9 Å². The van der Waals surface area contributed by atoms with Crippen molar-refractivity contribution < 1.29 is 19.5 Å². The van der Waals surface area contributed by atoms with Crippen LogP contribution in [0.1, 0.15) is 42.8 Å². The minimum absolute atomic E-state index is 0.0582. The van der Waals surface area contributed by atoms with Crippen LogP contribution in [0.2, 0.25) is 0 Å². The number of carbonyl (C=O) groups is 3. The van der Waals surface area contributed by atoms with Gasteiger partial charge in [0, 0.05) is 19.4 Å². The standard InChI is InChI=1S/C15H21NO4S/c1-10(2)8-11(15(19)20)9-16-14(18)6-5-12(17)13-4-3-7-21-13/h3-4,7,10-11H,5-6,8-9H2,1-2H3,(H,16,18)(H,19,20). The molecule has 0 fully saturated rings. The maximum absolute atomic E-state index is 11.7. The first-order valence-corrected chi connectivity index (χ1v) is 7.84.